The molecule has 1 aliphatic carbocycles. The van der Waals surface area contributed by atoms with Gasteiger partial charge in [-0.3, -0.25) is 0 Å². The van der Waals surface area contributed by atoms with E-state index in [4.69, 9.17) is 0 Å². The highest BCUT2D eigenvalue weighted by Gasteiger charge is 2.37. The van der Waals surface area contributed by atoms with Crippen LogP contribution in [0.3, 0.4) is 0 Å². The normalized spacial score (nSPS) is 18.7. The molecular formula is C21H41I. The standard InChI is InChI=1S/C21H41I/c1-3-5-7-9-10-14-18-21(19-22,17-13-8-6-4-2)20-15-11-12-16-20/h20H,3-19H2,1-2H3. The topological polar surface area (TPSA) is 0 Å². The van der Waals surface area contributed by atoms with E-state index in [1.165, 1.54) is 107 Å². The summed E-state index contributed by atoms with van der Waals surface area (Å²) in [7, 11) is 0. The van der Waals surface area contributed by atoms with Crippen LogP contribution in [0.2, 0.25) is 0 Å². The van der Waals surface area contributed by atoms with Crippen LogP contribution in [0.15, 0.2) is 0 Å². The predicted molar refractivity (Wildman–Crippen MR) is 110 cm³/mol. The second-order valence-electron chi connectivity index (χ2n) is 7.81. The summed E-state index contributed by atoms with van der Waals surface area (Å²) >= 11 is 2.73. The maximum absolute atomic E-state index is 2.73. The molecule has 1 aliphatic rings. The first kappa shape index (κ1) is 20.8. The zero-order chi connectivity index (χ0) is 16.1. The molecule has 0 aromatic carbocycles. The van der Waals surface area contributed by atoms with Crippen LogP contribution in [0.4, 0.5) is 0 Å². The van der Waals surface area contributed by atoms with Gasteiger partial charge < -0.3 is 0 Å². The van der Waals surface area contributed by atoms with Crippen molar-refractivity contribution in [3.05, 3.63) is 0 Å². The molecular weight excluding hydrogens is 379 g/mol. The van der Waals surface area contributed by atoms with Gasteiger partial charge in [0.05, 0.1) is 0 Å². The van der Waals surface area contributed by atoms with Gasteiger partial charge in [0.2, 0.25) is 0 Å². The minimum absolute atomic E-state index is 0.704. The van der Waals surface area contributed by atoms with E-state index in [-0.39, 0.29) is 0 Å². The first-order chi connectivity index (χ1) is 10.8. The molecule has 1 atom stereocenters. The Morgan fingerprint density at radius 1 is 0.727 bits per heavy atom. The Morgan fingerprint density at radius 3 is 1.68 bits per heavy atom. The SMILES string of the molecule is CCCCCCCCC(CI)(CCCCCC)C1CCCC1. The summed E-state index contributed by atoms with van der Waals surface area (Å²) in [6.07, 6.45) is 23.7. The average Bonchev–Trinajstić information content (AvgIpc) is 3.08. The molecule has 1 fully saturated rings. The molecule has 0 spiro atoms. The van der Waals surface area contributed by atoms with Gasteiger partial charge in [-0.25, -0.2) is 0 Å². The molecule has 1 rings (SSSR count). The largest absolute Gasteiger partial charge is 0.0858 e. The van der Waals surface area contributed by atoms with Crippen LogP contribution in [-0.2, 0) is 0 Å². The number of alkyl halides is 1. The van der Waals surface area contributed by atoms with Crippen molar-refractivity contribution in [2.24, 2.45) is 11.3 Å². The van der Waals surface area contributed by atoms with Gasteiger partial charge in [-0.1, -0.05) is 113 Å². The minimum Gasteiger partial charge on any atom is -0.0858 e. The third-order valence-corrected chi connectivity index (χ3v) is 7.56. The molecule has 1 heteroatoms. The zero-order valence-corrected chi connectivity index (χ0v) is 17.6. The van der Waals surface area contributed by atoms with Crippen LogP contribution in [0.5, 0.6) is 0 Å². The Labute approximate surface area is 154 Å². The summed E-state index contributed by atoms with van der Waals surface area (Å²) in [6, 6.07) is 0. The van der Waals surface area contributed by atoms with Gasteiger partial charge in [0.1, 0.15) is 0 Å². The van der Waals surface area contributed by atoms with E-state index in [1.54, 1.807) is 0 Å². The molecule has 0 N–H and O–H groups in total. The van der Waals surface area contributed by atoms with Crippen molar-refractivity contribution < 1.29 is 0 Å². The highest BCUT2D eigenvalue weighted by Crippen LogP contribution is 2.48. The van der Waals surface area contributed by atoms with Gasteiger partial charge in [0, 0.05) is 4.43 Å². The van der Waals surface area contributed by atoms with Gasteiger partial charge in [-0.15, -0.1) is 0 Å². The van der Waals surface area contributed by atoms with Crippen LogP contribution >= 0.6 is 22.6 Å². The minimum atomic E-state index is 0.704. The molecule has 0 saturated heterocycles. The quantitative estimate of drug-likeness (QED) is 0.151. The Hall–Kier alpha value is 0.730. The third-order valence-electron chi connectivity index (χ3n) is 6.04. The monoisotopic (exact) mass is 420 g/mol. The first-order valence-corrected chi connectivity index (χ1v) is 11.9. The highest BCUT2D eigenvalue weighted by molar-refractivity contribution is 14.1. The lowest BCUT2D eigenvalue weighted by Crippen LogP contribution is -2.31. The summed E-state index contributed by atoms with van der Waals surface area (Å²) in [5, 5.41) is 0. The summed E-state index contributed by atoms with van der Waals surface area (Å²) in [6.45, 7) is 4.65. The van der Waals surface area contributed by atoms with E-state index in [1.807, 2.05) is 0 Å². The highest BCUT2D eigenvalue weighted by atomic mass is 127. The van der Waals surface area contributed by atoms with E-state index >= 15 is 0 Å². The lowest BCUT2D eigenvalue weighted by Gasteiger charge is -2.38. The summed E-state index contributed by atoms with van der Waals surface area (Å²) in [4.78, 5) is 0. The molecule has 1 saturated carbocycles. The fraction of sp³-hybridized carbons (Fsp3) is 1.00. The number of hydrogen-bond donors (Lipinski definition) is 0. The van der Waals surface area contributed by atoms with Crippen LogP contribution in [0.1, 0.15) is 117 Å². The van der Waals surface area contributed by atoms with Gasteiger partial charge in [-0.05, 0) is 37.0 Å². The number of halogens is 1. The van der Waals surface area contributed by atoms with Crippen molar-refractivity contribution in [2.45, 2.75) is 117 Å². The molecule has 0 aromatic rings. The van der Waals surface area contributed by atoms with Crippen molar-refractivity contribution >= 4 is 22.6 Å². The summed E-state index contributed by atoms with van der Waals surface area (Å²) in [5.41, 5.74) is 0.704. The molecule has 0 bridgehead atoms. The molecule has 0 heterocycles. The number of unbranched alkanes of at least 4 members (excludes halogenated alkanes) is 8. The second kappa shape index (κ2) is 13.1. The zero-order valence-electron chi connectivity index (χ0n) is 15.5. The van der Waals surface area contributed by atoms with Crippen molar-refractivity contribution in [1.29, 1.82) is 0 Å². The van der Waals surface area contributed by atoms with Crippen molar-refractivity contribution in [3.63, 3.8) is 0 Å². The average molecular weight is 420 g/mol. The Bertz CT molecular complexity index is 244. The van der Waals surface area contributed by atoms with Crippen LogP contribution in [-0.4, -0.2) is 4.43 Å². The van der Waals surface area contributed by atoms with Crippen LogP contribution < -0.4 is 0 Å². The molecule has 22 heavy (non-hydrogen) atoms. The van der Waals surface area contributed by atoms with Gasteiger partial charge in [0.15, 0.2) is 0 Å². The predicted octanol–water partition coefficient (Wildman–Crippen LogP) is 8.32. The molecule has 0 aromatic heterocycles. The lowest BCUT2D eigenvalue weighted by molar-refractivity contribution is 0.155. The van der Waals surface area contributed by atoms with Crippen molar-refractivity contribution in [2.75, 3.05) is 4.43 Å². The summed E-state index contributed by atoms with van der Waals surface area (Å²) < 4.78 is 1.41. The Kier molecular flexibility index (Phi) is 12.3. The third kappa shape index (κ3) is 7.53. The van der Waals surface area contributed by atoms with Crippen LogP contribution in [0, 0.1) is 11.3 Å². The first-order valence-electron chi connectivity index (χ1n) is 10.3. The van der Waals surface area contributed by atoms with E-state index in [9.17, 15) is 0 Å². The van der Waals surface area contributed by atoms with Gasteiger partial charge in [-0.2, -0.15) is 0 Å². The Morgan fingerprint density at radius 2 is 1.18 bits per heavy atom. The number of rotatable bonds is 14. The molecule has 1 unspecified atom stereocenters. The maximum atomic E-state index is 2.73. The van der Waals surface area contributed by atoms with E-state index in [0.29, 0.717) is 5.41 Å². The molecule has 0 aliphatic heterocycles. The molecule has 0 radical (unpaired) electrons. The van der Waals surface area contributed by atoms with Crippen molar-refractivity contribution in [3.8, 4) is 0 Å². The van der Waals surface area contributed by atoms with E-state index in [0.717, 1.165) is 5.92 Å². The fourth-order valence-electron chi connectivity index (χ4n) is 4.48. The van der Waals surface area contributed by atoms with Gasteiger partial charge >= 0.3 is 0 Å². The molecule has 132 valence electrons. The Balaban J connectivity index is 2.41. The number of hydrogen-bond acceptors (Lipinski definition) is 0. The molecule has 0 nitrogen and oxygen atoms in total. The van der Waals surface area contributed by atoms with Crippen LogP contribution in [0.25, 0.3) is 0 Å². The van der Waals surface area contributed by atoms with Gasteiger partial charge in [0.25, 0.3) is 0 Å². The lowest BCUT2D eigenvalue weighted by atomic mass is 9.69. The molecule has 0 amide bonds. The summed E-state index contributed by atoms with van der Waals surface area (Å²) in [5.74, 6) is 1.06. The second-order valence-corrected chi connectivity index (χ2v) is 8.57. The van der Waals surface area contributed by atoms with E-state index in [2.05, 4.69) is 36.4 Å². The maximum Gasteiger partial charge on any atom is 0.00546 e. The smallest absolute Gasteiger partial charge is 0.00546 e. The fourth-order valence-corrected chi connectivity index (χ4v) is 5.86. The van der Waals surface area contributed by atoms with Crippen molar-refractivity contribution in [1.82, 2.24) is 0 Å². The van der Waals surface area contributed by atoms with E-state index < -0.39 is 0 Å².